The molecule has 1 aromatic carbocycles. The Balaban J connectivity index is 1.73. The third-order valence-corrected chi connectivity index (χ3v) is 8.17. The molecule has 3 rings (SSSR count). The molecule has 1 aromatic heterocycles. The maximum atomic E-state index is 12.8. The molecule has 29 heavy (non-hydrogen) atoms. The number of nitrogens with zero attached hydrogens (tertiary/aromatic N) is 1. The van der Waals surface area contributed by atoms with Crippen LogP contribution >= 0.6 is 11.3 Å². The summed E-state index contributed by atoms with van der Waals surface area (Å²) in [5.74, 6) is -1.14. The first-order chi connectivity index (χ1) is 13.8. The Labute approximate surface area is 174 Å². The van der Waals surface area contributed by atoms with Crippen molar-refractivity contribution in [3.63, 3.8) is 0 Å². The van der Waals surface area contributed by atoms with Gasteiger partial charge in [-0.3, -0.25) is 4.79 Å². The average Bonchev–Trinajstić information content (AvgIpc) is 3.25. The van der Waals surface area contributed by atoms with Gasteiger partial charge in [-0.1, -0.05) is 12.1 Å². The molecule has 1 saturated heterocycles. The molecule has 2 heterocycles. The van der Waals surface area contributed by atoms with E-state index in [4.69, 9.17) is 4.74 Å². The molecule has 1 aliphatic rings. The molecule has 0 radical (unpaired) electrons. The number of esters is 1. The number of amides is 1. The van der Waals surface area contributed by atoms with Gasteiger partial charge in [0, 0.05) is 18.8 Å². The molecule has 1 fully saturated rings. The standard InChI is InChI=1S/C20H24N2O5S2/c1-3-27-20(24)16-8-4-9-17(14(16)2)21-19(23)15-7-5-11-22(13-15)29(25,26)18-10-6-12-28-18/h4,6,8-10,12,15H,3,5,7,11,13H2,1-2H3,(H,21,23)/t15-/m0/s1. The number of anilines is 1. The zero-order valence-corrected chi connectivity index (χ0v) is 18.0. The minimum atomic E-state index is -3.58. The van der Waals surface area contributed by atoms with Gasteiger partial charge in [0.1, 0.15) is 4.21 Å². The third-order valence-electron chi connectivity index (χ3n) is 4.93. The number of thiophene rings is 1. The molecule has 1 aliphatic heterocycles. The average molecular weight is 437 g/mol. The van der Waals surface area contributed by atoms with Crippen LogP contribution in [-0.4, -0.2) is 44.3 Å². The topological polar surface area (TPSA) is 92.8 Å². The molecule has 0 aliphatic carbocycles. The number of ether oxygens (including phenoxy) is 1. The number of carbonyl (C=O) groups excluding carboxylic acids is 2. The Morgan fingerprint density at radius 3 is 2.76 bits per heavy atom. The molecule has 0 bridgehead atoms. The lowest BCUT2D eigenvalue weighted by Gasteiger charge is -2.31. The van der Waals surface area contributed by atoms with Crippen LogP contribution in [0.3, 0.4) is 0 Å². The highest BCUT2D eigenvalue weighted by Gasteiger charge is 2.34. The molecular formula is C20H24N2O5S2. The van der Waals surface area contributed by atoms with Crippen LogP contribution in [0.5, 0.6) is 0 Å². The summed E-state index contributed by atoms with van der Waals surface area (Å²) in [5.41, 5.74) is 1.55. The Hall–Kier alpha value is -2.23. The third kappa shape index (κ3) is 4.68. The minimum absolute atomic E-state index is 0.142. The van der Waals surface area contributed by atoms with Gasteiger partial charge in [0.05, 0.1) is 18.1 Å². The highest BCUT2D eigenvalue weighted by Crippen LogP contribution is 2.28. The monoisotopic (exact) mass is 436 g/mol. The van der Waals surface area contributed by atoms with E-state index >= 15 is 0 Å². The lowest BCUT2D eigenvalue weighted by Crippen LogP contribution is -2.43. The highest BCUT2D eigenvalue weighted by atomic mass is 32.2. The molecule has 1 N–H and O–H groups in total. The van der Waals surface area contributed by atoms with Gasteiger partial charge in [-0.05, 0) is 55.8 Å². The molecule has 0 saturated carbocycles. The second-order valence-electron chi connectivity index (χ2n) is 6.82. The van der Waals surface area contributed by atoms with Crippen molar-refractivity contribution in [2.45, 2.75) is 30.9 Å². The highest BCUT2D eigenvalue weighted by molar-refractivity contribution is 7.91. The van der Waals surface area contributed by atoms with E-state index < -0.39 is 21.9 Å². The lowest BCUT2D eigenvalue weighted by atomic mass is 9.98. The van der Waals surface area contributed by atoms with E-state index in [0.717, 1.165) is 0 Å². The van der Waals surface area contributed by atoms with Crippen molar-refractivity contribution >= 4 is 38.9 Å². The summed E-state index contributed by atoms with van der Waals surface area (Å²) >= 11 is 1.17. The fraction of sp³-hybridized carbons (Fsp3) is 0.400. The van der Waals surface area contributed by atoms with Gasteiger partial charge < -0.3 is 10.1 Å². The van der Waals surface area contributed by atoms with Crippen LogP contribution in [0.25, 0.3) is 0 Å². The Kier molecular flexibility index (Phi) is 6.71. The van der Waals surface area contributed by atoms with Crippen molar-refractivity contribution in [2.75, 3.05) is 25.0 Å². The van der Waals surface area contributed by atoms with Gasteiger partial charge in [-0.15, -0.1) is 11.3 Å². The maximum Gasteiger partial charge on any atom is 0.338 e. The summed E-state index contributed by atoms with van der Waals surface area (Å²) in [6, 6.07) is 8.33. The van der Waals surface area contributed by atoms with E-state index in [1.807, 2.05) is 0 Å². The predicted molar refractivity (Wildman–Crippen MR) is 112 cm³/mol. The number of piperidine rings is 1. The van der Waals surface area contributed by atoms with E-state index in [1.54, 1.807) is 49.6 Å². The molecule has 7 nitrogen and oxygen atoms in total. The summed E-state index contributed by atoms with van der Waals surface area (Å²) in [4.78, 5) is 24.9. The van der Waals surface area contributed by atoms with Crippen molar-refractivity contribution < 1.29 is 22.7 Å². The van der Waals surface area contributed by atoms with Gasteiger partial charge in [-0.2, -0.15) is 4.31 Å². The molecule has 2 aromatic rings. The molecular weight excluding hydrogens is 412 g/mol. The number of hydrogen-bond donors (Lipinski definition) is 1. The van der Waals surface area contributed by atoms with Crippen molar-refractivity contribution in [1.82, 2.24) is 4.31 Å². The molecule has 1 atom stereocenters. The van der Waals surface area contributed by atoms with E-state index in [2.05, 4.69) is 5.32 Å². The van der Waals surface area contributed by atoms with Crippen LogP contribution in [0.4, 0.5) is 5.69 Å². The van der Waals surface area contributed by atoms with Gasteiger partial charge in [0.2, 0.25) is 5.91 Å². The Bertz CT molecular complexity index is 986. The smallest absolute Gasteiger partial charge is 0.338 e. The van der Waals surface area contributed by atoms with Crippen LogP contribution < -0.4 is 5.32 Å². The molecule has 0 unspecified atom stereocenters. The van der Waals surface area contributed by atoms with Crippen LogP contribution in [0.15, 0.2) is 39.9 Å². The number of rotatable bonds is 6. The van der Waals surface area contributed by atoms with Crippen LogP contribution in [-0.2, 0) is 19.6 Å². The number of hydrogen-bond acceptors (Lipinski definition) is 6. The molecule has 0 spiro atoms. The number of benzene rings is 1. The maximum absolute atomic E-state index is 12.8. The Morgan fingerprint density at radius 1 is 1.28 bits per heavy atom. The molecule has 1 amide bonds. The second kappa shape index (κ2) is 9.06. The number of carbonyl (C=O) groups is 2. The van der Waals surface area contributed by atoms with Gasteiger partial charge in [0.25, 0.3) is 10.0 Å². The van der Waals surface area contributed by atoms with Crippen molar-refractivity contribution in [1.29, 1.82) is 0 Å². The molecule has 156 valence electrons. The van der Waals surface area contributed by atoms with E-state index in [9.17, 15) is 18.0 Å². The largest absolute Gasteiger partial charge is 0.462 e. The Morgan fingerprint density at radius 2 is 2.07 bits per heavy atom. The fourth-order valence-electron chi connectivity index (χ4n) is 3.35. The summed E-state index contributed by atoms with van der Waals surface area (Å²) in [5, 5.41) is 4.58. The number of nitrogens with one attached hydrogen (secondary N) is 1. The van der Waals surface area contributed by atoms with E-state index in [-0.39, 0.29) is 23.3 Å². The first-order valence-electron chi connectivity index (χ1n) is 9.45. The van der Waals surface area contributed by atoms with Crippen LogP contribution in [0.1, 0.15) is 35.7 Å². The van der Waals surface area contributed by atoms with Crippen LogP contribution in [0.2, 0.25) is 0 Å². The lowest BCUT2D eigenvalue weighted by molar-refractivity contribution is -0.120. The summed E-state index contributed by atoms with van der Waals surface area (Å²) in [6.45, 7) is 4.30. The first kappa shape index (κ1) is 21.5. The quantitative estimate of drug-likeness (QED) is 0.702. The zero-order valence-electron chi connectivity index (χ0n) is 16.4. The van der Waals surface area contributed by atoms with Crippen molar-refractivity contribution in [3.05, 3.63) is 46.8 Å². The van der Waals surface area contributed by atoms with Crippen LogP contribution in [0, 0.1) is 12.8 Å². The molecule has 9 heteroatoms. The normalized spacial score (nSPS) is 17.7. The van der Waals surface area contributed by atoms with Gasteiger partial charge in [-0.25, -0.2) is 13.2 Å². The van der Waals surface area contributed by atoms with E-state index in [1.165, 1.54) is 15.6 Å². The summed E-state index contributed by atoms with van der Waals surface area (Å²) in [6.07, 6.45) is 1.23. The summed E-state index contributed by atoms with van der Waals surface area (Å²) in [7, 11) is -3.58. The van der Waals surface area contributed by atoms with E-state index in [0.29, 0.717) is 36.2 Å². The first-order valence-corrected chi connectivity index (χ1v) is 11.8. The second-order valence-corrected chi connectivity index (χ2v) is 9.93. The SMILES string of the molecule is CCOC(=O)c1cccc(NC(=O)[C@H]2CCCN(S(=O)(=O)c3cccs3)C2)c1C. The minimum Gasteiger partial charge on any atom is -0.462 e. The fourth-order valence-corrected chi connectivity index (χ4v) is 6.02. The zero-order chi connectivity index (χ0) is 21.0. The van der Waals surface area contributed by atoms with Crippen molar-refractivity contribution in [2.24, 2.45) is 5.92 Å². The van der Waals surface area contributed by atoms with Gasteiger partial charge >= 0.3 is 5.97 Å². The van der Waals surface area contributed by atoms with Gasteiger partial charge in [0.15, 0.2) is 0 Å². The predicted octanol–water partition coefficient (Wildman–Crippen LogP) is 3.27. The van der Waals surface area contributed by atoms with Crippen molar-refractivity contribution in [3.8, 4) is 0 Å². The number of sulfonamides is 1. The summed E-state index contributed by atoms with van der Waals surface area (Å²) < 4.78 is 32.2.